The standard InChI is InChI=1S/C21H22FN/c1-13(2)16-8-4-11-19-17-9-5-10-18(17)20(23-21(16)19)14-6-3-7-15(22)12-14/h3-9,11-13,17-18,20,23H,10H2,1-2H3/t17-,18-,20-/m1/s1. The Morgan fingerprint density at radius 3 is 2.74 bits per heavy atom. The Hall–Kier alpha value is -2.09. The largest absolute Gasteiger partial charge is 0.377 e. The summed E-state index contributed by atoms with van der Waals surface area (Å²) in [6, 6.07) is 13.8. The first-order chi connectivity index (χ1) is 11.1. The van der Waals surface area contributed by atoms with E-state index in [2.05, 4.69) is 49.5 Å². The average Bonchev–Trinajstić information content (AvgIpc) is 3.03. The molecule has 0 saturated heterocycles. The van der Waals surface area contributed by atoms with E-state index in [0.29, 0.717) is 17.8 Å². The van der Waals surface area contributed by atoms with Crippen LogP contribution in [-0.2, 0) is 0 Å². The van der Waals surface area contributed by atoms with Crippen LogP contribution in [0.5, 0.6) is 0 Å². The van der Waals surface area contributed by atoms with Gasteiger partial charge in [-0.05, 0) is 47.1 Å². The lowest BCUT2D eigenvalue weighted by Crippen LogP contribution is -2.30. The molecule has 23 heavy (non-hydrogen) atoms. The van der Waals surface area contributed by atoms with Crippen molar-refractivity contribution in [2.24, 2.45) is 5.92 Å². The Labute approximate surface area is 137 Å². The van der Waals surface area contributed by atoms with Crippen LogP contribution in [0, 0.1) is 11.7 Å². The van der Waals surface area contributed by atoms with Gasteiger partial charge in [-0.2, -0.15) is 0 Å². The lowest BCUT2D eigenvalue weighted by atomic mass is 9.75. The molecule has 0 spiro atoms. The maximum Gasteiger partial charge on any atom is 0.123 e. The highest BCUT2D eigenvalue weighted by Gasteiger charge is 2.38. The van der Waals surface area contributed by atoms with E-state index in [1.807, 2.05) is 12.1 Å². The molecule has 2 aromatic carbocycles. The molecule has 0 aromatic heterocycles. The number of benzene rings is 2. The number of hydrogen-bond donors (Lipinski definition) is 1. The molecule has 0 unspecified atom stereocenters. The highest BCUT2D eigenvalue weighted by Crippen LogP contribution is 2.51. The SMILES string of the molecule is CC(C)c1cccc2c1N[C@H](c1cccc(F)c1)[C@@H]1CC=C[C@@H]21. The second-order valence-corrected chi connectivity index (χ2v) is 7.00. The van der Waals surface area contributed by atoms with Crippen LogP contribution in [0.15, 0.2) is 54.6 Å². The molecule has 2 aromatic rings. The number of hydrogen-bond acceptors (Lipinski definition) is 1. The molecule has 0 radical (unpaired) electrons. The first-order valence-electron chi connectivity index (χ1n) is 8.46. The highest BCUT2D eigenvalue weighted by molar-refractivity contribution is 5.65. The van der Waals surface area contributed by atoms with Gasteiger partial charge in [-0.15, -0.1) is 0 Å². The van der Waals surface area contributed by atoms with Gasteiger partial charge in [0, 0.05) is 11.6 Å². The maximum atomic E-state index is 13.7. The van der Waals surface area contributed by atoms with Crippen LogP contribution in [-0.4, -0.2) is 0 Å². The molecular weight excluding hydrogens is 285 g/mol. The summed E-state index contributed by atoms with van der Waals surface area (Å²) < 4.78 is 13.7. The van der Waals surface area contributed by atoms with Crippen LogP contribution in [0.1, 0.15) is 54.8 Å². The van der Waals surface area contributed by atoms with Crippen molar-refractivity contribution in [2.75, 3.05) is 5.32 Å². The van der Waals surface area contributed by atoms with Gasteiger partial charge in [0.2, 0.25) is 0 Å². The third-order valence-electron chi connectivity index (χ3n) is 5.26. The van der Waals surface area contributed by atoms with Gasteiger partial charge < -0.3 is 5.32 Å². The van der Waals surface area contributed by atoms with Gasteiger partial charge in [0.15, 0.2) is 0 Å². The highest BCUT2D eigenvalue weighted by atomic mass is 19.1. The summed E-state index contributed by atoms with van der Waals surface area (Å²) in [7, 11) is 0. The molecule has 0 amide bonds. The van der Waals surface area contributed by atoms with E-state index in [1.54, 1.807) is 6.07 Å². The van der Waals surface area contributed by atoms with Crippen molar-refractivity contribution >= 4 is 5.69 Å². The molecule has 3 atom stereocenters. The van der Waals surface area contributed by atoms with Crippen LogP contribution in [0.4, 0.5) is 10.1 Å². The lowest BCUT2D eigenvalue weighted by Gasteiger charge is -2.39. The minimum absolute atomic E-state index is 0.158. The van der Waals surface area contributed by atoms with Gasteiger partial charge in [-0.1, -0.05) is 56.3 Å². The average molecular weight is 307 g/mol. The van der Waals surface area contributed by atoms with Gasteiger partial charge in [0.1, 0.15) is 5.82 Å². The maximum absolute atomic E-state index is 13.7. The van der Waals surface area contributed by atoms with Gasteiger partial charge in [-0.3, -0.25) is 0 Å². The van der Waals surface area contributed by atoms with Crippen molar-refractivity contribution in [3.8, 4) is 0 Å². The Balaban J connectivity index is 1.83. The van der Waals surface area contributed by atoms with Crippen LogP contribution < -0.4 is 5.32 Å². The number of allylic oxidation sites excluding steroid dienone is 2. The van der Waals surface area contributed by atoms with E-state index >= 15 is 0 Å². The van der Waals surface area contributed by atoms with Crippen LogP contribution in [0.2, 0.25) is 0 Å². The van der Waals surface area contributed by atoms with Crippen LogP contribution >= 0.6 is 0 Å². The van der Waals surface area contributed by atoms with Crippen molar-refractivity contribution in [2.45, 2.75) is 38.1 Å². The molecule has 1 aliphatic carbocycles. The molecular formula is C21H22FN. The third-order valence-corrected chi connectivity index (χ3v) is 5.26. The number of halogens is 1. The second kappa shape index (κ2) is 5.52. The van der Waals surface area contributed by atoms with E-state index in [-0.39, 0.29) is 11.9 Å². The van der Waals surface area contributed by atoms with Gasteiger partial charge in [0.25, 0.3) is 0 Å². The second-order valence-electron chi connectivity index (χ2n) is 7.00. The molecule has 4 rings (SSSR count). The summed E-state index contributed by atoms with van der Waals surface area (Å²) in [6.07, 6.45) is 5.66. The van der Waals surface area contributed by atoms with Crippen LogP contribution in [0.3, 0.4) is 0 Å². The predicted octanol–water partition coefficient (Wildman–Crippen LogP) is 5.78. The summed E-state index contributed by atoms with van der Waals surface area (Å²) in [5.74, 6) is 1.20. The minimum atomic E-state index is -0.158. The number of rotatable bonds is 2. The summed E-state index contributed by atoms with van der Waals surface area (Å²) in [5, 5.41) is 3.76. The fraction of sp³-hybridized carbons (Fsp3) is 0.333. The predicted molar refractivity (Wildman–Crippen MR) is 93.3 cm³/mol. The molecule has 1 nitrogen and oxygen atoms in total. The van der Waals surface area contributed by atoms with Crippen molar-refractivity contribution in [3.63, 3.8) is 0 Å². The Morgan fingerprint density at radius 2 is 1.96 bits per heavy atom. The van der Waals surface area contributed by atoms with Crippen molar-refractivity contribution in [1.82, 2.24) is 0 Å². The summed E-state index contributed by atoms with van der Waals surface area (Å²) in [5.41, 5.74) is 5.04. The number of anilines is 1. The molecule has 1 aliphatic heterocycles. The topological polar surface area (TPSA) is 12.0 Å². The summed E-state index contributed by atoms with van der Waals surface area (Å²) in [6.45, 7) is 4.45. The van der Waals surface area contributed by atoms with E-state index in [0.717, 1.165) is 12.0 Å². The van der Waals surface area contributed by atoms with Gasteiger partial charge in [-0.25, -0.2) is 4.39 Å². The molecule has 0 saturated carbocycles. The zero-order valence-electron chi connectivity index (χ0n) is 13.6. The van der Waals surface area contributed by atoms with E-state index in [1.165, 1.54) is 22.9 Å². The summed E-state index contributed by atoms with van der Waals surface area (Å²) in [4.78, 5) is 0. The minimum Gasteiger partial charge on any atom is -0.377 e. The molecule has 0 bridgehead atoms. The Morgan fingerprint density at radius 1 is 1.13 bits per heavy atom. The number of nitrogens with one attached hydrogen (secondary N) is 1. The fourth-order valence-electron chi connectivity index (χ4n) is 4.16. The van der Waals surface area contributed by atoms with E-state index < -0.39 is 0 Å². The smallest absolute Gasteiger partial charge is 0.123 e. The molecule has 2 heteroatoms. The first kappa shape index (κ1) is 14.5. The van der Waals surface area contributed by atoms with Crippen molar-refractivity contribution in [1.29, 1.82) is 0 Å². The summed E-state index contributed by atoms with van der Waals surface area (Å²) >= 11 is 0. The van der Waals surface area contributed by atoms with Gasteiger partial charge >= 0.3 is 0 Å². The monoisotopic (exact) mass is 307 g/mol. The molecule has 1 heterocycles. The Bertz CT molecular complexity index is 762. The number of fused-ring (bicyclic) bond motifs is 3. The van der Waals surface area contributed by atoms with E-state index in [4.69, 9.17) is 0 Å². The van der Waals surface area contributed by atoms with E-state index in [9.17, 15) is 4.39 Å². The zero-order valence-corrected chi connectivity index (χ0v) is 13.6. The van der Waals surface area contributed by atoms with Crippen LogP contribution in [0.25, 0.3) is 0 Å². The quantitative estimate of drug-likeness (QED) is 0.694. The normalized spacial score (nSPS) is 25.1. The number of para-hydroxylation sites is 1. The third kappa shape index (κ3) is 2.37. The first-order valence-corrected chi connectivity index (χ1v) is 8.46. The fourth-order valence-corrected chi connectivity index (χ4v) is 4.16. The molecule has 2 aliphatic rings. The molecule has 118 valence electrons. The van der Waals surface area contributed by atoms with Crippen molar-refractivity contribution < 1.29 is 4.39 Å². The Kier molecular flexibility index (Phi) is 3.48. The zero-order chi connectivity index (χ0) is 16.0. The molecule has 1 N–H and O–H groups in total. The molecule has 0 fully saturated rings. The van der Waals surface area contributed by atoms with Gasteiger partial charge in [0.05, 0.1) is 6.04 Å². The van der Waals surface area contributed by atoms with Crippen molar-refractivity contribution in [3.05, 3.63) is 77.1 Å². The lowest BCUT2D eigenvalue weighted by molar-refractivity contribution is 0.423.